The Labute approximate surface area is 121 Å². The van der Waals surface area contributed by atoms with Crippen LogP contribution < -0.4 is 10.5 Å². The van der Waals surface area contributed by atoms with Gasteiger partial charge in [-0.05, 0) is 31.2 Å². The first-order chi connectivity index (χ1) is 10.1. The second-order valence-electron chi connectivity index (χ2n) is 4.68. The molecule has 0 amide bonds. The summed E-state index contributed by atoms with van der Waals surface area (Å²) in [4.78, 5) is 8.62. The maximum atomic E-state index is 7.69. The predicted molar refractivity (Wildman–Crippen MR) is 81.8 cm³/mol. The molecule has 104 valence electrons. The number of ether oxygens (including phenoxy) is 1. The van der Waals surface area contributed by atoms with E-state index in [1.54, 1.807) is 6.20 Å². The average molecular weight is 278 g/mol. The summed E-state index contributed by atoms with van der Waals surface area (Å²) in [6.45, 7) is 1.90. The van der Waals surface area contributed by atoms with Crippen molar-refractivity contribution in [3.05, 3.63) is 59.9 Å². The fourth-order valence-corrected chi connectivity index (χ4v) is 2.00. The van der Waals surface area contributed by atoms with E-state index >= 15 is 0 Å². The molecule has 0 spiro atoms. The quantitative estimate of drug-likeness (QED) is 0.569. The fourth-order valence-electron chi connectivity index (χ4n) is 2.00. The van der Waals surface area contributed by atoms with Crippen molar-refractivity contribution < 1.29 is 4.74 Å². The number of aryl methyl sites for hydroxylation is 1. The highest BCUT2D eigenvalue weighted by molar-refractivity contribution is 6.00. The smallest absolute Gasteiger partial charge is 0.230 e. The first-order valence-corrected chi connectivity index (χ1v) is 6.48. The Morgan fingerprint density at radius 1 is 1.19 bits per heavy atom. The highest BCUT2D eigenvalue weighted by atomic mass is 16.5. The molecule has 0 radical (unpaired) electrons. The summed E-state index contributed by atoms with van der Waals surface area (Å²) in [6.07, 6.45) is 1.62. The van der Waals surface area contributed by atoms with Crippen LogP contribution in [0.2, 0.25) is 0 Å². The summed E-state index contributed by atoms with van der Waals surface area (Å²) in [7, 11) is 0. The summed E-state index contributed by atoms with van der Waals surface area (Å²) in [6, 6.07) is 13.1. The van der Waals surface area contributed by atoms with E-state index < -0.39 is 0 Å². The Bertz CT molecular complexity index is 812. The lowest BCUT2D eigenvalue weighted by Crippen LogP contribution is -2.13. The lowest BCUT2D eigenvalue weighted by atomic mass is 10.1. The van der Waals surface area contributed by atoms with Crippen molar-refractivity contribution in [3.63, 3.8) is 0 Å². The lowest BCUT2D eigenvalue weighted by Gasteiger charge is -2.10. The van der Waals surface area contributed by atoms with E-state index in [1.165, 1.54) is 0 Å². The molecule has 0 fully saturated rings. The van der Waals surface area contributed by atoms with E-state index in [-0.39, 0.29) is 5.84 Å². The topological polar surface area (TPSA) is 84.9 Å². The van der Waals surface area contributed by atoms with Crippen LogP contribution in [0.1, 0.15) is 11.3 Å². The fraction of sp³-hybridized carbons (Fsp3) is 0.0625. The summed E-state index contributed by atoms with van der Waals surface area (Å²) in [5.74, 6) is 0.793. The zero-order valence-corrected chi connectivity index (χ0v) is 11.5. The van der Waals surface area contributed by atoms with Crippen LogP contribution in [0.15, 0.2) is 48.7 Å². The van der Waals surface area contributed by atoms with Crippen molar-refractivity contribution in [3.8, 4) is 11.6 Å². The van der Waals surface area contributed by atoms with Gasteiger partial charge in [-0.2, -0.15) is 0 Å². The molecule has 0 saturated carbocycles. The number of fused-ring (bicyclic) bond motifs is 1. The van der Waals surface area contributed by atoms with Gasteiger partial charge >= 0.3 is 0 Å². The monoisotopic (exact) mass is 278 g/mol. The Hall–Kier alpha value is -2.95. The third-order valence-electron chi connectivity index (χ3n) is 3.08. The maximum absolute atomic E-state index is 7.69. The number of hydrogen-bond acceptors (Lipinski definition) is 4. The number of nitrogens with one attached hydrogen (secondary N) is 1. The van der Waals surface area contributed by atoms with Gasteiger partial charge in [-0.1, -0.05) is 18.2 Å². The number of pyridine rings is 2. The van der Waals surface area contributed by atoms with Crippen molar-refractivity contribution in [2.45, 2.75) is 6.92 Å². The number of rotatable bonds is 3. The minimum atomic E-state index is -0.0803. The second kappa shape index (κ2) is 5.20. The lowest BCUT2D eigenvalue weighted by molar-refractivity contribution is 0.461. The minimum absolute atomic E-state index is 0.0803. The molecule has 1 aromatic carbocycles. The van der Waals surface area contributed by atoms with E-state index in [9.17, 15) is 0 Å². The number of aromatic nitrogens is 2. The number of nitrogens with two attached hydrogens (primary N) is 1. The maximum Gasteiger partial charge on any atom is 0.230 e. The third kappa shape index (κ3) is 2.67. The average Bonchev–Trinajstić information content (AvgIpc) is 2.48. The van der Waals surface area contributed by atoms with Crippen LogP contribution in [0, 0.1) is 12.3 Å². The first-order valence-electron chi connectivity index (χ1n) is 6.48. The van der Waals surface area contributed by atoms with Gasteiger partial charge < -0.3 is 10.5 Å². The van der Waals surface area contributed by atoms with Crippen LogP contribution in [-0.2, 0) is 0 Å². The molecule has 0 aliphatic rings. The van der Waals surface area contributed by atoms with Gasteiger partial charge in [-0.15, -0.1) is 0 Å². The Kier molecular flexibility index (Phi) is 3.23. The van der Waals surface area contributed by atoms with Gasteiger partial charge in [0.05, 0.1) is 17.3 Å². The molecule has 5 heteroatoms. The SMILES string of the molecule is Cc1ccc(Oc2nc3ccccc3cc2C(=N)N)cn1. The largest absolute Gasteiger partial charge is 0.437 e. The minimum Gasteiger partial charge on any atom is -0.437 e. The molecule has 5 nitrogen and oxygen atoms in total. The van der Waals surface area contributed by atoms with Gasteiger partial charge in [0.25, 0.3) is 0 Å². The molecule has 0 aliphatic heterocycles. The zero-order chi connectivity index (χ0) is 14.8. The van der Waals surface area contributed by atoms with E-state index in [4.69, 9.17) is 15.9 Å². The number of nitrogen functional groups attached to an aromatic ring is 1. The van der Waals surface area contributed by atoms with Crippen LogP contribution in [-0.4, -0.2) is 15.8 Å². The van der Waals surface area contributed by atoms with E-state index in [0.717, 1.165) is 16.6 Å². The Morgan fingerprint density at radius 2 is 2.00 bits per heavy atom. The molecular weight excluding hydrogens is 264 g/mol. The van der Waals surface area contributed by atoms with Crippen molar-refractivity contribution in [1.29, 1.82) is 5.41 Å². The number of amidine groups is 1. The molecule has 0 bridgehead atoms. The van der Waals surface area contributed by atoms with Gasteiger partial charge in [-0.25, -0.2) is 4.98 Å². The molecule has 21 heavy (non-hydrogen) atoms. The van der Waals surface area contributed by atoms with Crippen LogP contribution in [0.5, 0.6) is 11.6 Å². The number of para-hydroxylation sites is 1. The third-order valence-corrected chi connectivity index (χ3v) is 3.08. The summed E-state index contributed by atoms with van der Waals surface area (Å²) < 4.78 is 5.74. The summed E-state index contributed by atoms with van der Waals surface area (Å²) in [5, 5.41) is 8.61. The van der Waals surface area contributed by atoms with Crippen LogP contribution >= 0.6 is 0 Å². The molecule has 0 aliphatic carbocycles. The second-order valence-corrected chi connectivity index (χ2v) is 4.68. The number of nitrogens with zero attached hydrogens (tertiary/aromatic N) is 2. The molecule has 2 aromatic heterocycles. The number of hydrogen-bond donors (Lipinski definition) is 2. The molecule has 0 atom stereocenters. The number of benzene rings is 1. The van der Waals surface area contributed by atoms with Gasteiger partial charge in [0.2, 0.25) is 5.88 Å². The molecule has 2 heterocycles. The van der Waals surface area contributed by atoms with Crippen LogP contribution in [0.25, 0.3) is 10.9 Å². The van der Waals surface area contributed by atoms with Gasteiger partial charge in [0.1, 0.15) is 11.6 Å². The predicted octanol–water partition coefficient (Wildman–Crippen LogP) is 3.01. The zero-order valence-electron chi connectivity index (χ0n) is 11.5. The van der Waals surface area contributed by atoms with Gasteiger partial charge in [-0.3, -0.25) is 10.4 Å². The Balaban J connectivity index is 2.09. The molecule has 3 N–H and O–H groups in total. The van der Waals surface area contributed by atoms with Crippen molar-refractivity contribution in [1.82, 2.24) is 9.97 Å². The molecule has 3 aromatic rings. The molecular formula is C16H14N4O. The summed E-state index contributed by atoms with van der Waals surface area (Å²) in [5.41, 5.74) is 7.79. The molecule has 0 saturated heterocycles. The normalized spacial score (nSPS) is 10.5. The first kappa shape index (κ1) is 13.1. The molecule has 3 rings (SSSR count). The van der Waals surface area contributed by atoms with Crippen LogP contribution in [0.4, 0.5) is 0 Å². The van der Waals surface area contributed by atoms with Crippen molar-refractivity contribution in [2.75, 3.05) is 0 Å². The highest BCUT2D eigenvalue weighted by Crippen LogP contribution is 2.26. The standard InChI is InChI=1S/C16H14N4O/c1-10-6-7-12(9-19-10)21-16-13(15(17)18)8-11-4-2-3-5-14(11)20-16/h2-9H,1H3,(H3,17,18). The van der Waals surface area contributed by atoms with Crippen molar-refractivity contribution >= 4 is 16.7 Å². The summed E-state index contributed by atoms with van der Waals surface area (Å²) >= 11 is 0. The van der Waals surface area contributed by atoms with Gasteiger partial charge in [0.15, 0.2) is 0 Å². The Morgan fingerprint density at radius 3 is 2.71 bits per heavy atom. The van der Waals surface area contributed by atoms with E-state index in [1.807, 2.05) is 49.4 Å². The van der Waals surface area contributed by atoms with E-state index in [2.05, 4.69) is 9.97 Å². The van der Waals surface area contributed by atoms with Crippen LogP contribution in [0.3, 0.4) is 0 Å². The van der Waals surface area contributed by atoms with Gasteiger partial charge in [0, 0.05) is 11.1 Å². The molecule has 0 unspecified atom stereocenters. The van der Waals surface area contributed by atoms with E-state index in [0.29, 0.717) is 17.2 Å². The highest BCUT2D eigenvalue weighted by Gasteiger charge is 2.12. The van der Waals surface area contributed by atoms with Crippen molar-refractivity contribution in [2.24, 2.45) is 5.73 Å².